The van der Waals surface area contributed by atoms with Gasteiger partial charge in [0.2, 0.25) is 0 Å². The molecule has 6 heteroatoms. The Bertz CT molecular complexity index is 702. The molecule has 29 heavy (non-hydrogen) atoms. The third-order valence-electron chi connectivity index (χ3n) is 7.02. The largest absolute Gasteiger partial charge is 0.395 e. The Hall–Kier alpha value is -1.56. The van der Waals surface area contributed by atoms with E-state index in [1.54, 1.807) is 12.1 Å². The van der Waals surface area contributed by atoms with Gasteiger partial charge in [0.15, 0.2) is 0 Å². The predicted molar refractivity (Wildman–Crippen MR) is 107 cm³/mol. The van der Waals surface area contributed by atoms with Crippen LogP contribution in [-0.2, 0) is 0 Å². The second-order valence-electron chi connectivity index (χ2n) is 9.16. The van der Waals surface area contributed by atoms with Gasteiger partial charge in [-0.2, -0.15) is 13.2 Å². The van der Waals surface area contributed by atoms with E-state index in [9.17, 15) is 18.0 Å². The van der Waals surface area contributed by atoms with Crippen molar-refractivity contribution in [3.8, 4) is 0 Å². The number of benzene rings is 1. The first kappa shape index (κ1) is 20.7. The molecule has 1 amide bonds. The van der Waals surface area contributed by atoms with Gasteiger partial charge in [0.25, 0.3) is 5.91 Å². The summed E-state index contributed by atoms with van der Waals surface area (Å²) in [5, 5.41) is 0. The molecule has 3 aliphatic rings. The molecule has 0 aromatic heterocycles. The summed E-state index contributed by atoms with van der Waals surface area (Å²) in [5.41, 5.74) is 0.711. The first-order valence-corrected chi connectivity index (χ1v) is 11.0. The number of rotatable bonds is 6. The summed E-state index contributed by atoms with van der Waals surface area (Å²) in [6.45, 7) is 4.44. The summed E-state index contributed by atoms with van der Waals surface area (Å²) < 4.78 is 38.8. The Kier molecular flexibility index (Phi) is 5.92. The molecule has 1 aliphatic heterocycles. The molecule has 0 N–H and O–H groups in total. The lowest BCUT2D eigenvalue weighted by atomic mass is 9.84. The number of alkyl halides is 3. The van der Waals surface area contributed by atoms with Gasteiger partial charge in [-0.3, -0.25) is 4.79 Å². The lowest BCUT2D eigenvalue weighted by Crippen LogP contribution is -2.49. The van der Waals surface area contributed by atoms with Crippen LogP contribution in [0.4, 0.5) is 13.2 Å². The van der Waals surface area contributed by atoms with Gasteiger partial charge in [0, 0.05) is 37.3 Å². The maximum absolute atomic E-state index is 13.2. The smallest absolute Gasteiger partial charge is 0.333 e. The number of carbonyl (C=O) groups excluding carboxylic acids is 1. The zero-order chi connectivity index (χ0) is 20.6. The molecule has 0 spiro atoms. The van der Waals surface area contributed by atoms with E-state index in [0.29, 0.717) is 11.6 Å². The second-order valence-corrected chi connectivity index (χ2v) is 9.16. The van der Waals surface area contributed by atoms with E-state index >= 15 is 0 Å². The van der Waals surface area contributed by atoms with Crippen LogP contribution in [0.1, 0.15) is 73.7 Å². The fraction of sp³-hybridized carbons (Fsp3) is 0.696. The second kappa shape index (κ2) is 8.29. The standard InChI is InChI=1S/C23H31F3N2O/c1-16(23(24,25)26)18-5-7-19(8-6-18)22(29)28(20-9-10-20)21-11-13-27(14-12-21)15-17-3-2-4-17/h5-8,16-17,20-21H,2-4,9-15H2,1H3. The van der Waals surface area contributed by atoms with Gasteiger partial charge in [-0.25, -0.2) is 0 Å². The molecule has 2 saturated carbocycles. The van der Waals surface area contributed by atoms with E-state index in [4.69, 9.17) is 0 Å². The molecule has 3 fully saturated rings. The van der Waals surface area contributed by atoms with Crippen LogP contribution < -0.4 is 0 Å². The van der Waals surface area contributed by atoms with Crippen molar-refractivity contribution in [2.75, 3.05) is 19.6 Å². The Balaban J connectivity index is 1.39. The van der Waals surface area contributed by atoms with Crippen LogP contribution in [0.5, 0.6) is 0 Å². The lowest BCUT2D eigenvalue weighted by molar-refractivity contribution is -0.146. The number of halogens is 3. The van der Waals surface area contributed by atoms with Crippen molar-refractivity contribution in [1.29, 1.82) is 0 Å². The molecule has 1 atom stereocenters. The van der Waals surface area contributed by atoms with Crippen molar-refractivity contribution in [1.82, 2.24) is 9.80 Å². The molecule has 1 unspecified atom stereocenters. The minimum Gasteiger partial charge on any atom is -0.333 e. The summed E-state index contributed by atoms with van der Waals surface area (Å²) in [7, 11) is 0. The van der Waals surface area contributed by atoms with E-state index in [-0.39, 0.29) is 17.5 Å². The minimum atomic E-state index is -4.26. The minimum absolute atomic E-state index is 0.0174. The Morgan fingerprint density at radius 3 is 2.10 bits per heavy atom. The normalized spacial score (nSPS) is 22.9. The van der Waals surface area contributed by atoms with Crippen LogP contribution in [0, 0.1) is 5.92 Å². The van der Waals surface area contributed by atoms with Crippen molar-refractivity contribution in [2.24, 2.45) is 5.92 Å². The van der Waals surface area contributed by atoms with Crippen molar-refractivity contribution >= 4 is 5.91 Å². The van der Waals surface area contributed by atoms with Crippen molar-refractivity contribution < 1.29 is 18.0 Å². The molecule has 0 bridgehead atoms. The van der Waals surface area contributed by atoms with E-state index in [1.807, 2.05) is 4.90 Å². The molecule has 160 valence electrons. The zero-order valence-corrected chi connectivity index (χ0v) is 17.1. The molecular weight excluding hydrogens is 377 g/mol. The SMILES string of the molecule is CC(c1ccc(C(=O)N(C2CC2)C2CCN(CC3CCC3)CC2)cc1)C(F)(F)F. The van der Waals surface area contributed by atoms with Crippen LogP contribution in [0.2, 0.25) is 0 Å². The Morgan fingerprint density at radius 1 is 1.03 bits per heavy atom. The molecule has 1 aromatic carbocycles. The average molecular weight is 409 g/mol. The Morgan fingerprint density at radius 2 is 1.62 bits per heavy atom. The van der Waals surface area contributed by atoms with Crippen LogP contribution in [0.3, 0.4) is 0 Å². The monoisotopic (exact) mass is 408 g/mol. The van der Waals surface area contributed by atoms with Crippen LogP contribution in [-0.4, -0.2) is 53.6 Å². The first-order chi connectivity index (χ1) is 13.8. The predicted octanol–water partition coefficient (Wildman–Crippen LogP) is 5.22. The zero-order valence-electron chi connectivity index (χ0n) is 17.1. The fourth-order valence-electron chi connectivity index (χ4n) is 4.66. The topological polar surface area (TPSA) is 23.6 Å². The van der Waals surface area contributed by atoms with E-state index in [0.717, 1.165) is 51.6 Å². The number of hydrogen-bond acceptors (Lipinski definition) is 2. The number of piperidine rings is 1. The number of amides is 1. The number of nitrogens with zero attached hydrogens (tertiary/aromatic N) is 2. The van der Waals surface area contributed by atoms with Gasteiger partial charge in [0.1, 0.15) is 0 Å². The van der Waals surface area contributed by atoms with Gasteiger partial charge in [-0.05, 0) is 69.1 Å². The summed E-state index contributed by atoms with van der Waals surface area (Å²) >= 11 is 0. The summed E-state index contributed by atoms with van der Waals surface area (Å²) in [6.07, 6.45) is 3.89. The molecule has 0 radical (unpaired) electrons. The van der Waals surface area contributed by atoms with Crippen molar-refractivity contribution in [3.63, 3.8) is 0 Å². The quantitative estimate of drug-likeness (QED) is 0.644. The molecule has 1 heterocycles. The third-order valence-corrected chi connectivity index (χ3v) is 7.02. The van der Waals surface area contributed by atoms with Gasteiger partial charge >= 0.3 is 6.18 Å². The number of carbonyl (C=O) groups is 1. The molecule has 3 nitrogen and oxygen atoms in total. The summed E-state index contributed by atoms with van der Waals surface area (Å²) in [5.74, 6) is -0.673. The van der Waals surface area contributed by atoms with Crippen LogP contribution in [0.25, 0.3) is 0 Å². The maximum atomic E-state index is 13.2. The highest BCUT2D eigenvalue weighted by atomic mass is 19.4. The Labute approximate surface area is 171 Å². The first-order valence-electron chi connectivity index (χ1n) is 11.0. The van der Waals surface area contributed by atoms with Gasteiger partial charge < -0.3 is 9.80 Å². The van der Waals surface area contributed by atoms with E-state index < -0.39 is 12.1 Å². The molecular formula is C23H31F3N2O. The van der Waals surface area contributed by atoms with E-state index in [1.165, 1.54) is 37.9 Å². The molecule has 1 saturated heterocycles. The van der Waals surface area contributed by atoms with Crippen LogP contribution >= 0.6 is 0 Å². The van der Waals surface area contributed by atoms with Gasteiger partial charge in [0.05, 0.1) is 5.92 Å². The molecule has 2 aliphatic carbocycles. The lowest BCUT2D eigenvalue weighted by Gasteiger charge is -2.41. The van der Waals surface area contributed by atoms with Crippen LogP contribution in [0.15, 0.2) is 24.3 Å². The highest BCUT2D eigenvalue weighted by molar-refractivity contribution is 5.95. The number of likely N-dealkylation sites (tertiary alicyclic amines) is 1. The van der Waals surface area contributed by atoms with Gasteiger partial charge in [-0.1, -0.05) is 18.6 Å². The van der Waals surface area contributed by atoms with Crippen molar-refractivity contribution in [2.45, 2.75) is 76.0 Å². The van der Waals surface area contributed by atoms with Gasteiger partial charge in [-0.15, -0.1) is 0 Å². The fourth-order valence-corrected chi connectivity index (χ4v) is 4.66. The van der Waals surface area contributed by atoms with Crippen molar-refractivity contribution in [3.05, 3.63) is 35.4 Å². The summed E-state index contributed by atoms with van der Waals surface area (Å²) in [6, 6.07) is 6.61. The maximum Gasteiger partial charge on any atom is 0.395 e. The highest BCUT2D eigenvalue weighted by Gasteiger charge is 2.40. The average Bonchev–Trinajstić information content (AvgIpc) is 3.50. The van der Waals surface area contributed by atoms with E-state index in [2.05, 4.69) is 4.90 Å². The number of hydrogen-bond donors (Lipinski definition) is 0. The highest BCUT2D eigenvalue weighted by Crippen LogP contribution is 2.36. The summed E-state index contributed by atoms with van der Waals surface area (Å²) in [4.78, 5) is 17.8. The molecule has 1 aromatic rings. The third kappa shape index (κ3) is 4.79. The molecule has 4 rings (SSSR count).